The smallest absolute Gasteiger partial charge is 0.284 e. The molecule has 0 radical (unpaired) electrons. The molecule has 0 spiro atoms. The van der Waals surface area contributed by atoms with Gasteiger partial charge in [0.2, 0.25) is 5.95 Å². The first-order valence-electron chi connectivity index (χ1n) is 4.85. The molecule has 0 aliphatic carbocycles. The van der Waals surface area contributed by atoms with Crippen LogP contribution in [0.15, 0.2) is 23.1 Å². The second kappa shape index (κ2) is 3.68. The van der Waals surface area contributed by atoms with Crippen molar-refractivity contribution in [2.75, 3.05) is 5.73 Å². The number of aromatic nitrogens is 3. The molecule has 5 nitrogen and oxygen atoms in total. The zero-order valence-electron chi connectivity index (χ0n) is 8.47. The summed E-state index contributed by atoms with van der Waals surface area (Å²) in [6, 6.07) is 3.53. The Labute approximate surface area is 86.9 Å². The molecule has 0 aromatic carbocycles. The van der Waals surface area contributed by atoms with Gasteiger partial charge in [0.1, 0.15) is 5.82 Å². The van der Waals surface area contributed by atoms with E-state index in [1.54, 1.807) is 6.07 Å². The minimum Gasteiger partial charge on any atom is -0.368 e. The van der Waals surface area contributed by atoms with Gasteiger partial charge in [-0.2, -0.15) is 9.97 Å². The van der Waals surface area contributed by atoms with Crippen LogP contribution in [-0.2, 0) is 6.54 Å². The van der Waals surface area contributed by atoms with E-state index in [1.165, 1.54) is 0 Å². The zero-order chi connectivity index (χ0) is 10.8. The summed E-state index contributed by atoms with van der Waals surface area (Å²) >= 11 is 0. The van der Waals surface area contributed by atoms with Gasteiger partial charge in [0.05, 0.1) is 5.56 Å². The van der Waals surface area contributed by atoms with Crippen molar-refractivity contribution in [3.8, 4) is 11.4 Å². The Kier molecular flexibility index (Phi) is 2.37. The van der Waals surface area contributed by atoms with Crippen LogP contribution in [0, 0.1) is 0 Å². The first kappa shape index (κ1) is 9.64. The number of aryl methyl sites for hydroxylation is 1. The average molecular weight is 204 g/mol. The number of anilines is 1. The number of nitrogens with zero attached hydrogens (tertiary/aromatic N) is 3. The fraction of sp³-hybridized carbons (Fsp3) is 0.300. The van der Waals surface area contributed by atoms with Crippen LogP contribution in [0.5, 0.6) is 0 Å². The number of nitrogen functional groups attached to an aromatic ring is 1. The Morgan fingerprint density at radius 3 is 3.00 bits per heavy atom. The molecular weight excluding hydrogens is 192 g/mol. The third-order valence-electron chi connectivity index (χ3n) is 2.17. The minimum atomic E-state index is -0.317. The topological polar surface area (TPSA) is 73.8 Å². The van der Waals surface area contributed by atoms with E-state index in [0.717, 1.165) is 13.0 Å². The summed E-state index contributed by atoms with van der Waals surface area (Å²) in [7, 11) is 0. The Balaban J connectivity index is 2.70. The molecule has 0 aromatic rings. The number of fused-ring (bicyclic) bond motifs is 1. The lowest BCUT2D eigenvalue weighted by atomic mass is 10.2. The molecule has 2 aliphatic rings. The molecule has 2 N–H and O–H groups in total. The summed E-state index contributed by atoms with van der Waals surface area (Å²) in [6.45, 7) is 2.88. The normalized spacial score (nSPS) is 10.7. The zero-order valence-corrected chi connectivity index (χ0v) is 8.47. The second-order valence-electron chi connectivity index (χ2n) is 3.33. The van der Waals surface area contributed by atoms with E-state index in [9.17, 15) is 4.79 Å². The predicted molar refractivity (Wildman–Crippen MR) is 57.6 cm³/mol. The maximum Gasteiger partial charge on any atom is 0.284 e. The predicted octanol–water partition coefficient (Wildman–Crippen LogP) is 0.735. The Morgan fingerprint density at radius 1 is 1.47 bits per heavy atom. The standard InChI is InChI=1S/C10H12N4O/c1-2-5-14-6-3-4-7-8(14)12-10(11)13-9(7)15/h3-4,6H,2,5H2,1H3,(H2,11,13,15). The molecule has 0 saturated carbocycles. The Bertz CT molecular complexity index is 505. The molecular formula is C10H12N4O. The highest BCUT2D eigenvalue weighted by Crippen LogP contribution is 2.15. The summed E-state index contributed by atoms with van der Waals surface area (Å²) in [6.07, 6.45) is 2.86. The molecule has 2 aliphatic heterocycles. The van der Waals surface area contributed by atoms with Crippen LogP contribution < -0.4 is 11.3 Å². The number of hydrogen-bond donors (Lipinski definition) is 1. The van der Waals surface area contributed by atoms with E-state index in [1.807, 2.05) is 16.8 Å². The summed E-state index contributed by atoms with van der Waals surface area (Å²) in [5, 5.41) is 0. The molecule has 2 rings (SSSR count). The van der Waals surface area contributed by atoms with Crippen LogP contribution in [0.25, 0.3) is 11.4 Å². The van der Waals surface area contributed by atoms with Gasteiger partial charge in [0, 0.05) is 12.7 Å². The van der Waals surface area contributed by atoms with E-state index >= 15 is 0 Å². The van der Waals surface area contributed by atoms with Crippen LogP contribution in [0.1, 0.15) is 13.3 Å². The van der Waals surface area contributed by atoms with Crippen molar-refractivity contribution in [1.29, 1.82) is 0 Å². The molecule has 78 valence electrons. The molecule has 0 atom stereocenters. The lowest BCUT2D eigenvalue weighted by Crippen LogP contribution is -2.19. The lowest BCUT2D eigenvalue weighted by molar-refractivity contribution is 0.669. The fourth-order valence-corrected chi connectivity index (χ4v) is 1.55. The van der Waals surface area contributed by atoms with E-state index in [4.69, 9.17) is 5.73 Å². The summed E-state index contributed by atoms with van der Waals surface area (Å²) in [5.41, 5.74) is 5.65. The summed E-state index contributed by atoms with van der Waals surface area (Å²) < 4.78 is 1.91. The third-order valence-corrected chi connectivity index (χ3v) is 2.17. The number of nitrogens with two attached hydrogens (primary N) is 1. The first-order valence-corrected chi connectivity index (χ1v) is 4.85. The van der Waals surface area contributed by atoms with Gasteiger partial charge >= 0.3 is 0 Å². The first-order chi connectivity index (χ1) is 7.22. The lowest BCUT2D eigenvalue weighted by Gasteiger charge is -2.12. The minimum absolute atomic E-state index is 0.0311. The second-order valence-corrected chi connectivity index (χ2v) is 3.33. The van der Waals surface area contributed by atoms with Crippen molar-refractivity contribution in [2.45, 2.75) is 19.9 Å². The van der Waals surface area contributed by atoms with Gasteiger partial charge in [0.25, 0.3) is 5.56 Å². The van der Waals surface area contributed by atoms with Crippen molar-refractivity contribution in [2.24, 2.45) is 0 Å². The highest BCUT2D eigenvalue weighted by atomic mass is 16.1. The SMILES string of the molecule is CCCn1cccc2c(=O)nc(N)nc1-2. The van der Waals surface area contributed by atoms with E-state index in [2.05, 4.69) is 16.9 Å². The van der Waals surface area contributed by atoms with Crippen LogP contribution in [0.3, 0.4) is 0 Å². The molecule has 0 unspecified atom stereocenters. The monoisotopic (exact) mass is 204 g/mol. The molecule has 0 amide bonds. The average Bonchev–Trinajstić information content (AvgIpc) is 2.19. The van der Waals surface area contributed by atoms with Crippen molar-refractivity contribution in [1.82, 2.24) is 14.5 Å². The van der Waals surface area contributed by atoms with Gasteiger partial charge < -0.3 is 10.3 Å². The van der Waals surface area contributed by atoms with Gasteiger partial charge in [-0.15, -0.1) is 0 Å². The third kappa shape index (κ3) is 1.68. The van der Waals surface area contributed by atoms with Crippen molar-refractivity contribution in [3.63, 3.8) is 0 Å². The highest BCUT2D eigenvalue weighted by Gasteiger charge is 2.12. The number of hydrogen-bond acceptors (Lipinski definition) is 4. The maximum atomic E-state index is 11.5. The maximum absolute atomic E-state index is 11.5. The molecule has 0 saturated heterocycles. The Hall–Kier alpha value is -1.91. The molecule has 0 aromatic heterocycles. The largest absolute Gasteiger partial charge is 0.368 e. The quantitative estimate of drug-likeness (QED) is 0.782. The van der Waals surface area contributed by atoms with Crippen LogP contribution in [0.2, 0.25) is 0 Å². The van der Waals surface area contributed by atoms with Gasteiger partial charge in [-0.25, -0.2) is 0 Å². The number of pyridine rings is 1. The van der Waals surface area contributed by atoms with Gasteiger partial charge in [-0.1, -0.05) is 6.92 Å². The van der Waals surface area contributed by atoms with Gasteiger partial charge in [-0.05, 0) is 18.6 Å². The molecule has 15 heavy (non-hydrogen) atoms. The van der Waals surface area contributed by atoms with Gasteiger partial charge in [0.15, 0.2) is 0 Å². The molecule has 5 heteroatoms. The molecule has 0 bridgehead atoms. The van der Waals surface area contributed by atoms with Crippen LogP contribution in [0.4, 0.5) is 5.95 Å². The number of rotatable bonds is 2. The van der Waals surface area contributed by atoms with Crippen LogP contribution in [-0.4, -0.2) is 14.5 Å². The summed E-state index contributed by atoms with van der Waals surface area (Å²) in [4.78, 5) is 19.2. The fourth-order valence-electron chi connectivity index (χ4n) is 1.55. The highest BCUT2D eigenvalue weighted by molar-refractivity contribution is 5.56. The van der Waals surface area contributed by atoms with Gasteiger partial charge in [-0.3, -0.25) is 4.79 Å². The van der Waals surface area contributed by atoms with E-state index in [-0.39, 0.29) is 11.5 Å². The van der Waals surface area contributed by atoms with E-state index < -0.39 is 0 Å². The van der Waals surface area contributed by atoms with Crippen molar-refractivity contribution < 1.29 is 0 Å². The van der Waals surface area contributed by atoms with Crippen molar-refractivity contribution in [3.05, 3.63) is 28.7 Å². The van der Waals surface area contributed by atoms with Crippen molar-refractivity contribution >= 4 is 5.95 Å². The van der Waals surface area contributed by atoms with Crippen LogP contribution >= 0.6 is 0 Å². The molecule has 0 fully saturated rings. The summed E-state index contributed by atoms with van der Waals surface area (Å²) in [5.74, 6) is 0.639. The van der Waals surface area contributed by atoms with E-state index in [0.29, 0.717) is 11.4 Å². The Morgan fingerprint density at radius 2 is 2.27 bits per heavy atom. The molecule has 2 heterocycles.